The van der Waals surface area contributed by atoms with E-state index in [1.165, 1.54) is 30.5 Å². The summed E-state index contributed by atoms with van der Waals surface area (Å²) >= 11 is 0. The molecule has 0 aliphatic carbocycles. The second-order valence-electron chi connectivity index (χ2n) is 7.86. The van der Waals surface area contributed by atoms with Crippen LogP contribution < -0.4 is 5.32 Å². The molecular formula is C24H22FN5O. The molecule has 2 aromatic heterocycles. The molecule has 0 atom stereocenters. The fourth-order valence-electron chi connectivity index (χ4n) is 4.05. The minimum atomic E-state index is -0.409. The summed E-state index contributed by atoms with van der Waals surface area (Å²) in [6.07, 6.45) is 6.26. The quantitative estimate of drug-likeness (QED) is 0.499. The summed E-state index contributed by atoms with van der Waals surface area (Å²) in [6.45, 7) is 3.17. The Morgan fingerprint density at radius 1 is 1.06 bits per heavy atom. The fraction of sp³-hybridized carbons (Fsp3) is 0.208. The number of nitrogens with zero attached hydrogens (tertiary/aromatic N) is 3. The molecule has 2 N–H and O–H groups in total. The van der Waals surface area contributed by atoms with Gasteiger partial charge in [0.2, 0.25) is 0 Å². The van der Waals surface area contributed by atoms with E-state index in [9.17, 15) is 9.18 Å². The van der Waals surface area contributed by atoms with Crippen LogP contribution >= 0.6 is 0 Å². The summed E-state index contributed by atoms with van der Waals surface area (Å²) in [5, 5.41) is 10.5. The van der Waals surface area contributed by atoms with Gasteiger partial charge in [0.15, 0.2) is 5.69 Å². The van der Waals surface area contributed by atoms with Gasteiger partial charge in [0.1, 0.15) is 5.82 Å². The van der Waals surface area contributed by atoms with Gasteiger partial charge in [-0.15, -0.1) is 0 Å². The van der Waals surface area contributed by atoms with Gasteiger partial charge in [-0.3, -0.25) is 19.8 Å². The highest BCUT2D eigenvalue weighted by molar-refractivity contribution is 6.11. The highest BCUT2D eigenvalue weighted by Gasteiger charge is 2.16. The van der Waals surface area contributed by atoms with E-state index in [-0.39, 0.29) is 5.69 Å². The second-order valence-corrected chi connectivity index (χ2v) is 7.86. The maximum Gasteiger partial charge on any atom is 0.276 e. The van der Waals surface area contributed by atoms with Crippen LogP contribution in [-0.4, -0.2) is 39.1 Å². The van der Waals surface area contributed by atoms with Crippen LogP contribution in [0.5, 0.6) is 0 Å². The largest absolute Gasteiger partial charge is 0.320 e. The smallest absolute Gasteiger partial charge is 0.276 e. The van der Waals surface area contributed by atoms with Crippen molar-refractivity contribution in [1.82, 2.24) is 20.1 Å². The Morgan fingerprint density at radius 2 is 1.94 bits per heavy atom. The van der Waals surface area contributed by atoms with Gasteiger partial charge >= 0.3 is 0 Å². The molecule has 3 heterocycles. The Balaban J connectivity index is 1.43. The number of rotatable bonds is 5. The summed E-state index contributed by atoms with van der Waals surface area (Å²) in [6, 6.07) is 13.8. The number of carbonyl (C=O) groups is 1. The number of pyridine rings is 1. The van der Waals surface area contributed by atoms with Crippen molar-refractivity contribution >= 4 is 22.5 Å². The number of benzene rings is 2. The molecule has 1 saturated heterocycles. The fourth-order valence-corrected chi connectivity index (χ4v) is 4.05. The van der Waals surface area contributed by atoms with Crippen molar-refractivity contribution < 1.29 is 9.18 Å². The molecule has 156 valence electrons. The minimum Gasteiger partial charge on any atom is -0.320 e. The van der Waals surface area contributed by atoms with Gasteiger partial charge in [0.05, 0.1) is 5.52 Å². The third-order valence-corrected chi connectivity index (χ3v) is 5.59. The van der Waals surface area contributed by atoms with E-state index in [4.69, 9.17) is 0 Å². The van der Waals surface area contributed by atoms with Crippen molar-refractivity contribution in [2.45, 2.75) is 19.4 Å². The molecule has 1 aliphatic heterocycles. The van der Waals surface area contributed by atoms with Crippen LogP contribution in [0.15, 0.2) is 60.9 Å². The average Bonchev–Trinajstić information content (AvgIpc) is 3.43. The van der Waals surface area contributed by atoms with Crippen molar-refractivity contribution in [2.24, 2.45) is 0 Å². The van der Waals surface area contributed by atoms with Crippen molar-refractivity contribution in [3.63, 3.8) is 0 Å². The van der Waals surface area contributed by atoms with Crippen LogP contribution in [0.25, 0.3) is 22.0 Å². The topological polar surface area (TPSA) is 73.9 Å². The van der Waals surface area contributed by atoms with E-state index in [0.717, 1.165) is 36.3 Å². The summed E-state index contributed by atoms with van der Waals surface area (Å²) in [5.41, 5.74) is 4.55. The normalized spacial score (nSPS) is 14.2. The number of fused-ring (bicyclic) bond motifs is 1. The molecule has 6 nitrogen and oxygen atoms in total. The van der Waals surface area contributed by atoms with Gasteiger partial charge in [0.25, 0.3) is 5.91 Å². The third-order valence-electron chi connectivity index (χ3n) is 5.59. The van der Waals surface area contributed by atoms with Gasteiger partial charge in [-0.1, -0.05) is 12.1 Å². The molecule has 0 bridgehead atoms. The van der Waals surface area contributed by atoms with E-state index in [1.807, 2.05) is 30.6 Å². The number of anilines is 1. The van der Waals surface area contributed by atoms with E-state index >= 15 is 0 Å². The van der Waals surface area contributed by atoms with Crippen LogP contribution in [0, 0.1) is 5.82 Å². The van der Waals surface area contributed by atoms with Crippen LogP contribution in [0.1, 0.15) is 28.9 Å². The number of halogens is 1. The number of likely N-dealkylation sites (tertiary alicyclic amines) is 1. The SMILES string of the molecule is O=C(Nc1cccc(F)c1)c1n[nH]c2ccc(-c3cncc(CN4CCCC4)c3)cc12. The van der Waals surface area contributed by atoms with Crippen LogP contribution in [0.2, 0.25) is 0 Å². The van der Waals surface area contributed by atoms with Gasteiger partial charge in [-0.05, 0) is 73.5 Å². The number of carbonyl (C=O) groups excluding carboxylic acids is 1. The first-order valence-corrected chi connectivity index (χ1v) is 10.4. The van der Waals surface area contributed by atoms with E-state index in [0.29, 0.717) is 11.1 Å². The molecule has 0 unspecified atom stereocenters. The zero-order valence-electron chi connectivity index (χ0n) is 16.9. The Hall–Kier alpha value is -3.58. The summed E-state index contributed by atoms with van der Waals surface area (Å²) in [7, 11) is 0. The number of amides is 1. The number of hydrogen-bond donors (Lipinski definition) is 2. The standard InChI is InChI=1S/C24H22FN5O/c25-19-4-3-5-20(12-19)27-24(31)23-21-11-17(6-7-22(21)28-29-23)18-10-16(13-26-14-18)15-30-8-1-2-9-30/h3-7,10-14H,1-2,8-9,15H2,(H,27,31)(H,28,29). The number of aromatic amines is 1. The molecule has 2 aromatic carbocycles. The summed E-state index contributed by atoms with van der Waals surface area (Å²) < 4.78 is 13.4. The zero-order valence-corrected chi connectivity index (χ0v) is 16.9. The molecule has 4 aromatic rings. The van der Waals surface area contributed by atoms with Crippen molar-refractivity contribution in [2.75, 3.05) is 18.4 Å². The Morgan fingerprint density at radius 3 is 2.77 bits per heavy atom. The molecule has 0 spiro atoms. The second kappa shape index (κ2) is 8.28. The molecule has 5 rings (SSSR count). The van der Waals surface area contributed by atoms with E-state index < -0.39 is 11.7 Å². The first kappa shape index (κ1) is 19.4. The molecular weight excluding hydrogens is 393 g/mol. The van der Waals surface area contributed by atoms with Crippen LogP contribution in [-0.2, 0) is 6.54 Å². The lowest BCUT2D eigenvalue weighted by Crippen LogP contribution is -2.18. The zero-order chi connectivity index (χ0) is 21.2. The van der Waals surface area contributed by atoms with Crippen LogP contribution in [0.3, 0.4) is 0 Å². The predicted octanol–water partition coefficient (Wildman–Crippen LogP) is 4.61. The molecule has 1 aliphatic rings. The Bertz CT molecular complexity index is 1250. The Kier molecular flexibility index (Phi) is 5.18. The lowest BCUT2D eigenvalue weighted by molar-refractivity contribution is 0.102. The monoisotopic (exact) mass is 415 g/mol. The highest BCUT2D eigenvalue weighted by atomic mass is 19.1. The van der Waals surface area contributed by atoms with E-state index in [1.54, 1.807) is 12.1 Å². The number of aromatic nitrogens is 3. The van der Waals surface area contributed by atoms with Gasteiger partial charge in [-0.25, -0.2) is 4.39 Å². The average molecular weight is 415 g/mol. The van der Waals surface area contributed by atoms with Gasteiger partial charge in [0, 0.05) is 35.6 Å². The first-order valence-electron chi connectivity index (χ1n) is 10.4. The lowest BCUT2D eigenvalue weighted by atomic mass is 10.0. The van der Waals surface area contributed by atoms with E-state index in [2.05, 4.69) is 31.5 Å². The summed E-state index contributed by atoms with van der Waals surface area (Å²) in [5.74, 6) is -0.803. The molecule has 0 radical (unpaired) electrons. The Labute approximate surface area is 179 Å². The molecule has 1 amide bonds. The molecule has 31 heavy (non-hydrogen) atoms. The van der Waals surface area contributed by atoms with Crippen molar-refractivity contribution in [3.8, 4) is 11.1 Å². The number of H-pyrrole nitrogens is 1. The first-order chi connectivity index (χ1) is 15.2. The lowest BCUT2D eigenvalue weighted by Gasteiger charge is -2.14. The maximum atomic E-state index is 13.4. The molecule has 0 saturated carbocycles. The predicted molar refractivity (Wildman–Crippen MR) is 118 cm³/mol. The maximum absolute atomic E-state index is 13.4. The third kappa shape index (κ3) is 4.18. The van der Waals surface area contributed by atoms with Crippen LogP contribution in [0.4, 0.5) is 10.1 Å². The number of nitrogens with one attached hydrogen (secondary N) is 2. The highest BCUT2D eigenvalue weighted by Crippen LogP contribution is 2.26. The number of hydrogen-bond acceptors (Lipinski definition) is 4. The van der Waals surface area contributed by atoms with Crippen molar-refractivity contribution in [3.05, 3.63) is 78.0 Å². The van der Waals surface area contributed by atoms with Crippen molar-refractivity contribution in [1.29, 1.82) is 0 Å². The summed E-state index contributed by atoms with van der Waals surface area (Å²) in [4.78, 5) is 19.6. The van der Waals surface area contributed by atoms with Gasteiger partial charge in [-0.2, -0.15) is 5.10 Å². The minimum absolute atomic E-state index is 0.266. The molecule has 7 heteroatoms. The molecule has 1 fully saturated rings. The van der Waals surface area contributed by atoms with Gasteiger partial charge < -0.3 is 5.32 Å².